The molecule has 0 N–H and O–H groups in total. The van der Waals surface area contributed by atoms with Crippen LogP contribution in [0.2, 0.25) is 0 Å². The smallest absolute Gasteiger partial charge is 0.0509 e. The van der Waals surface area contributed by atoms with E-state index in [1.807, 2.05) is 0 Å². The second-order valence-electron chi connectivity index (χ2n) is 7.81. The summed E-state index contributed by atoms with van der Waals surface area (Å²) in [6.45, 7) is 3.32. The molecular formula is C26H23Br2N. The Bertz CT molecular complexity index is 1260. The number of aryl methyl sites for hydroxylation is 1. The molecule has 0 amide bonds. The highest BCUT2D eigenvalue weighted by molar-refractivity contribution is 9.11. The van der Waals surface area contributed by atoms with Gasteiger partial charge >= 0.3 is 0 Å². The first-order valence-corrected chi connectivity index (χ1v) is 12.0. The topological polar surface area (TPSA) is 4.93 Å². The molecule has 0 aliphatic carbocycles. The Labute approximate surface area is 188 Å². The summed E-state index contributed by atoms with van der Waals surface area (Å²) < 4.78 is 4.87. The maximum atomic E-state index is 3.84. The zero-order valence-corrected chi connectivity index (χ0v) is 19.7. The average Bonchev–Trinajstić information content (AvgIpc) is 3.05. The maximum absolute atomic E-state index is 3.84. The SMILES string of the molecule is CCCCCCn1c2cc(Br)c3ccccc3c2c2c3ccccc3c(Br)cc21. The molecule has 1 aromatic heterocycles. The molecule has 0 bridgehead atoms. The van der Waals surface area contributed by atoms with Gasteiger partial charge in [0.2, 0.25) is 0 Å². The third-order valence-corrected chi connectivity index (χ3v) is 7.33. The van der Waals surface area contributed by atoms with Crippen molar-refractivity contribution in [2.75, 3.05) is 0 Å². The molecular weight excluding hydrogens is 486 g/mol. The van der Waals surface area contributed by atoms with Crippen molar-refractivity contribution < 1.29 is 0 Å². The standard InChI is InChI=1S/C26H23Br2N/c1-2-3-4-9-14-29-23-15-21(27)17-10-5-7-12-19(17)25(23)26-20-13-8-6-11-18(20)22(28)16-24(26)29/h5-8,10-13,15-16H,2-4,9,14H2,1H3. The van der Waals surface area contributed by atoms with E-state index in [0.717, 1.165) is 6.54 Å². The highest BCUT2D eigenvalue weighted by Crippen LogP contribution is 2.43. The van der Waals surface area contributed by atoms with Gasteiger partial charge < -0.3 is 4.57 Å². The van der Waals surface area contributed by atoms with Crippen molar-refractivity contribution in [3.8, 4) is 0 Å². The minimum Gasteiger partial charge on any atom is -0.340 e. The fourth-order valence-electron chi connectivity index (χ4n) is 4.65. The van der Waals surface area contributed by atoms with Gasteiger partial charge in [-0.1, -0.05) is 107 Å². The Balaban J connectivity index is 1.94. The third kappa shape index (κ3) is 3.10. The quantitative estimate of drug-likeness (QED) is 0.208. The molecule has 0 saturated carbocycles. The van der Waals surface area contributed by atoms with Gasteiger partial charge in [-0.15, -0.1) is 0 Å². The maximum Gasteiger partial charge on any atom is 0.0509 e. The second-order valence-corrected chi connectivity index (χ2v) is 9.52. The second kappa shape index (κ2) is 7.77. The fraction of sp³-hybridized carbons (Fsp3) is 0.231. The van der Waals surface area contributed by atoms with Crippen LogP contribution in [0.4, 0.5) is 0 Å². The Hall–Kier alpha value is -1.84. The number of unbranched alkanes of at least 4 members (excludes halogenated alkanes) is 3. The van der Waals surface area contributed by atoms with Gasteiger partial charge in [-0.25, -0.2) is 0 Å². The molecule has 0 unspecified atom stereocenters. The Morgan fingerprint density at radius 1 is 0.655 bits per heavy atom. The largest absolute Gasteiger partial charge is 0.340 e. The summed E-state index contributed by atoms with van der Waals surface area (Å²) in [7, 11) is 0. The van der Waals surface area contributed by atoms with E-state index in [4.69, 9.17) is 0 Å². The van der Waals surface area contributed by atoms with Crippen LogP contribution >= 0.6 is 31.9 Å². The number of halogens is 2. The van der Waals surface area contributed by atoms with E-state index in [1.165, 1.54) is 78.0 Å². The number of hydrogen-bond acceptors (Lipinski definition) is 0. The van der Waals surface area contributed by atoms with Crippen molar-refractivity contribution in [1.82, 2.24) is 4.57 Å². The molecule has 0 radical (unpaired) electrons. The van der Waals surface area contributed by atoms with Gasteiger partial charge in [-0.05, 0) is 40.1 Å². The van der Waals surface area contributed by atoms with Crippen LogP contribution in [0.15, 0.2) is 69.6 Å². The highest BCUT2D eigenvalue weighted by atomic mass is 79.9. The lowest BCUT2D eigenvalue weighted by Crippen LogP contribution is -1.98. The summed E-state index contributed by atoms with van der Waals surface area (Å²) in [5, 5.41) is 7.94. The lowest BCUT2D eigenvalue weighted by atomic mass is 10.00. The Kier molecular flexibility index (Phi) is 5.13. The molecule has 5 rings (SSSR count). The van der Waals surface area contributed by atoms with Crippen molar-refractivity contribution in [1.29, 1.82) is 0 Å². The predicted molar refractivity (Wildman–Crippen MR) is 134 cm³/mol. The molecule has 0 saturated heterocycles. The lowest BCUT2D eigenvalue weighted by Gasteiger charge is -2.09. The first-order chi connectivity index (χ1) is 14.2. The molecule has 0 aliphatic rings. The van der Waals surface area contributed by atoms with Gasteiger partial charge in [0.05, 0.1) is 11.0 Å². The zero-order valence-electron chi connectivity index (χ0n) is 16.5. The van der Waals surface area contributed by atoms with Gasteiger partial charge in [0.15, 0.2) is 0 Å². The molecule has 3 heteroatoms. The molecule has 4 aromatic carbocycles. The molecule has 146 valence electrons. The van der Waals surface area contributed by atoms with Crippen LogP contribution in [-0.4, -0.2) is 4.57 Å². The van der Waals surface area contributed by atoms with Crippen LogP contribution in [0.25, 0.3) is 43.4 Å². The average molecular weight is 509 g/mol. The normalized spacial score (nSPS) is 12.0. The van der Waals surface area contributed by atoms with E-state index in [9.17, 15) is 0 Å². The number of hydrogen-bond donors (Lipinski definition) is 0. The number of rotatable bonds is 5. The van der Waals surface area contributed by atoms with Crippen LogP contribution in [0, 0.1) is 0 Å². The van der Waals surface area contributed by atoms with Crippen molar-refractivity contribution in [3.63, 3.8) is 0 Å². The van der Waals surface area contributed by atoms with Gasteiger partial charge in [-0.3, -0.25) is 0 Å². The van der Waals surface area contributed by atoms with Gasteiger partial charge in [0.1, 0.15) is 0 Å². The van der Waals surface area contributed by atoms with Gasteiger partial charge in [0.25, 0.3) is 0 Å². The molecule has 0 spiro atoms. The summed E-state index contributed by atoms with van der Waals surface area (Å²) in [6.07, 6.45) is 5.05. The van der Waals surface area contributed by atoms with Crippen molar-refractivity contribution in [3.05, 3.63) is 69.6 Å². The summed E-state index contributed by atoms with van der Waals surface area (Å²) in [5.74, 6) is 0. The lowest BCUT2D eigenvalue weighted by molar-refractivity contribution is 0.602. The van der Waals surface area contributed by atoms with Crippen LogP contribution in [0.1, 0.15) is 32.6 Å². The van der Waals surface area contributed by atoms with Crippen molar-refractivity contribution >= 4 is 75.2 Å². The number of benzene rings is 4. The summed E-state index contributed by atoms with van der Waals surface area (Å²) >= 11 is 7.69. The van der Waals surface area contributed by atoms with E-state index in [-0.39, 0.29) is 0 Å². The number of nitrogens with zero attached hydrogens (tertiary/aromatic N) is 1. The van der Waals surface area contributed by atoms with E-state index in [1.54, 1.807) is 0 Å². The number of aromatic nitrogens is 1. The van der Waals surface area contributed by atoms with Gasteiger partial charge in [0, 0.05) is 26.3 Å². The highest BCUT2D eigenvalue weighted by Gasteiger charge is 2.18. The summed E-state index contributed by atoms with van der Waals surface area (Å²) in [5.41, 5.74) is 2.65. The van der Waals surface area contributed by atoms with Crippen LogP contribution in [0.3, 0.4) is 0 Å². The zero-order chi connectivity index (χ0) is 20.0. The Morgan fingerprint density at radius 2 is 1.14 bits per heavy atom. The molecule has 1 nitrogen and oxygen atoms in total. The first kappa shape index (κ1) is 19.1. The van der Waals surface area contributed by atoms with Crippen molar-refractivity contribution in [2.24, 2.45) is 0 Å². The minimum absolute atomic E-state index is 1.05. The summed E-state index contributed by atoms with van der Waals surface area (Å²) in [4.78, 5) is 0. The minimum atomic E-state index is 1.05. The summed E-state index contributed by atoms with van der Waals surface area (Å²) in [6, 6.07) is 22.1. The van der Waals surface area contributed by atoms with Crippen molar-refractivity contribution in [2.45, 2.75) is 39.2 Å². The van der Waals surface area contributed by atoms with E-state index < -0.39 is 0 Å². The molecule has 29 heavy (non-hydrogen) atoms. The van der Waals surface area contributed by atoms with Gasteiger partial charge in [-0.2, -0.15) is 0 Å². The molecule has 5 aromatic rings. The third-order valence-electron chi connectivity index (χ3n) is 6.01. The van der Waals surface area contributed by atoms with E-state index in [2.05, 4.69) is 104 Å². The first-order valence-electron chi connectivity index (χ1n) is 10.4. The monoisotopic (exact) mass is 507 g/mol. The Morgan fingerprint density at radius 3 is 1.62 bits per heavy atom. The molecule has 0 fully saturated rings. The molecule has 0 aliphatic heterocycles. The van der Waals surface area contributed by atoms with E-state index in [0.29, 0.717) is 0 Å². The predicted octanol–water partition coefficient (Wildman–Crippen LogP) is 9.21. The number of fused-ring (bicyclic) bond motifs is 7. The fourth-order valence-corrected chi connectivity index (χ4v) is 5.78. The molecule has 0 atom stereocenters. The van der Waals surface area contributed by atoms with Crippen LogP contribution < -0.4 is 0 Å². The molecule has 1 heterocycles. The van der Waals surface area contributed by atoms with Crippen LogP contribution in [-0.2, 0) is 6.54 Å². The van der Waals surface area contributed by atoms with Crippen LogP contribution in [0.5, 0.6) is 0 Å². The van der Waals surface area contributed by atoms with E-state index >= 15 is 0 Å².